The molecule has 0 amide bonds. The minimum atomic E-state index is 0.170. The van der Waals surface area contributed by atoms with Crippen LogP contribution in [0.25, 0.3) is 16.9 Å². The van der Waals surface area contributed by atoms with Crippen LogP contribution in [0.4, 0.5) is 5.69 Å². The zero-order chi connectivity index (χ0) is 18.8. The summed E-state index contributed by atoms with van der Waals surface area (Å²) in [6.07, 6.45) is 6.04. The van der Waals surface area contributed by atoms with Gasteiger partial charge in [0.05, 0.1) is 17.5 Å². The number of rotatable bonds is 5. The number of aromatic nitrogens is 2. The highest BCUT2D eigenvalue weighted by Gasteiger charge is 2.19. The Kier molecular flexibility index (Phi) is 5.03. The Hall–Kier alpha value is -2.53. The molecule has 0 spiro atoms. The van der Waals surface area contributed by atoms with E-state index in [2.05, 4.69) is 21.4 Å². The number of anilines is 1. The lowest BCUT2D eigenvalue weighted by Crippen LogP contribution is -2.29. The largest absolute Gasteiger partial charge is 0.491 e. The van der Waals surface area contributed by atoms with E-state index in [1.54, 1.807) is 0 Å². The number of nitrogens with two attached hydrogens (primary N) is 1. The van der Waals surface area contributed by atoms with Crippen LogP contribution < -0.4 is 10.5 Å². The monoisotopic (exact) mass is 364 g/mol. The number of fused-ring (bicyclic) bond motifs is 1. The summed E-state index contributed by atoms with van der Waals surface area (Å²) in [5, 5.41) is 0. The van der Waals surface area contributed by atoms with Gasteiger partial charge in [-0.2, -0.15) is 0 Å². The lowest BCUT2D eigenvalue weighted by molar-refractivity contribution is 0.218. The second-order valence-corrected chi connectivity index (χ2v) is 7.63. The summed E-state index contributed by atoms with van der Waals surface area (Å²) in [7, 11) is 0. The Morgan fingerprint density at radius 3 is 2.48 bits per heavy atom. The first kappa shape index (κ1) is 17.9. The van der Waals surface area contributed by atoms with Crippen molar-refractivity contribution in [3.05, 3.63) is 48.3 Å². The third kappa shape index (κ3) is 3.93. The predicted octanol–water partition coefficient (Wildman–Crippen LogP) is 4.36. The van der Waals surface area contributed by atoms with Crippen molar-refractivity contribution < 1.29 is 4.74 Å². The molecule has 1 fully saturated rings. The van der Waals surface area contributed by atoms with E-state index in [1.165, 1.54) is 25.0 Å². The van der Waals surface area contributed by atoms with Gasteiger partial charge in [0.2, 0.25) is 0 Å². The molecule has 0 bridgehead atoms. The molecule has 0 unspecified atom stereocenters. The number of nitrogens with zero attached hydrogens (tertiary/aromatic N) is 3. The summed E-state index contributed by atoms with van der Waals surface area (Å²) in [6.45, 7) is 7.27. The van der Waals surface area contributed by atoms with E-state index >= 15 is 0 Å². The SMILES string of the molecule is CC(C)Oc1ccc(-c2nc3ccc(N)cn3c2CN2CCCCC2)cc1. The zero-order valence-corrected chi connectivity index (χ0v) is 16.2. The Labute approximate surface area is 160 Å². The van der Waals surface area contributed by atoms with E-state index in [0.717, 1.165) is 48.0 Å². The molecule has 1 aromatic carbocycles. The molecule has 27 heavy (non-hydrogen) atoms. The molecule has 1 aliphatic heterocycles. The fourth-order valence-corrected chi connectivity index (χ4v) is 3.78. The van der Waals surface area contributed by atoms with Gasteiger partial charge in [-0.3, -0.25) is 4.90 Å². The van der Waals surface area contributed by atoms with Crippen molar-refractivity contribution in [3.8, 4) is 17.0 Å². The van der Waals surface area contributed by atoms with Crippen LogP contribution in [0.1, 0.15) is 38.8 Å². The van der Waals surface area contributed by atoms with Crippen molar-refractivity contribution in [2.24, 2.45) is 0 Å². The van der Waals surface area contributed by atoms with Crippen molar-refractivity contribution in [1.82, 2.24) is 14.3 Å². The normalized spacial score (nSPS) is 15.5. The highest BCUT2D eigenvalue weighted by molar-refractivity contribution is 5.68. The third-order valence-corrected chi connectivity index (χ3v) is 5.06. The van der Waals surface area contributed by atoms with Gasteiger partial charge in [-0.15, -0.1) is 0 Å². The smallest absolute Gasteiger partial charge is 0.137 e. The lowest BCUT2D eigenvalue weighted by Gasteiger charge is -2.26. The van der Waals surface area contributed by atoms with Crippen molar-refractivity contribution >= 4 is 11.3 Å². The van der Waals surface area contributed by atoms with Gasteiger partial charge < -0.3 is 14.9 Å². The maximum atomic E-state index is 6.06. The van der Waals surface area contributed by atoms with E-state index in [1.807, 2.05) is 44.3 Å². The summed E-state index contributed by atoms with van der Waals surface area (Å²) < 4.78 is 7.93. The molecule has 142 valence electrons. The van der Waals surface area contributed by atoms with Crippen LogP contribution in [0.3, 0.4) is 0 Å². The average Bonchev–Trinajstić information content (AvgIpc) is 3.00. The van der Waals surface area contributed by atoms with E-state index < -0.39 is 0 Å². The fourth-order valence-electron chi connectivity index (χ4n) is 3.78. The molecule has 1 saturated heterocycles. The molecule has 5 heteroatoms. The number of piperidine rings is 1. The van der Waals surface area contributed by atoms with Crippen LogP contribution in [0.5, 0.6) is 5.75 Å². The molecule has 4 rings (SSSR count). The molecule has 1 aliphatic rings. The highest BCUT2D eigenvalue weighted by atomic mass is 16.5. The van der Waals surface area contributed by atoms with Gasteiger partial charge in [0, 0.05) is 24.0 Å². The quantitative estimate of drug-likeness (QED) is 0.731. The van der Waals surface area contributed by atoms with Crippen molar-refractivity contribution in [2.75, 3.05) is 18.8 Å². The number of likely N-dealkylation sites (tertiary alicyclic amines) is 1. The van der Waals surface area contributed by atoms with Gasteiger partial charge >= 0.3 is 0 Å². The predicted molar refractivity (Wildman–Crippen MR) is 110 cm³/mol. The summed E-state index contributed by atoms with van der Waals surface area (Å²) in [5.74, 6) is 0.888. The number of imidazole rings is 1. The zero-order valence-electron chi connectivity index (χ0n) is 16.2. The number of nitrogen functional groups attached to an aromatic ring is 1. The van der Waals surface area contributed by atoms with Gasteiger partial charge in [0.1, 0.15) is 11.4 Å². The van der Waals surface area contributed by atoms with Crippen LogP contribution >= 0.6 is 0 Å². The van der Waals surface area contributed by atoms with Crippen molar-refractivity contribution in [2.45, 2.75) is 45.8 Å². The number of benzene rings is 1. The maximum Gasteiger partial charge on any atom is 0.137 e. The molecule has 0 saturated carbocycles. The Bertz CT molecular complexity index is 908. The van der Waals surface area contributed by atoms with Gasteiger partial charge in [0.15, 0.2) is 0 Å². The number of hydrogen-bond donors (Lipinski definition) is 1. The number of hydrogen-bond acceptors (Lipinski definition) is 4. The molecule has 2 aromatic heterocycles. The lowest BCUT2D eigenvalue weighted by atomic mass is 10.1. The van der Waals surface area contributed by atoms with Crippen LogP contribution in [0.2, 0.25) is 0 Å². The Balaban J connectivity index is 1.73. The Morgan fingerprint density at radius 1 is 1.04 bits per heavy atom. The molecular formula is C22H28N4O. The first-order chi connectivity index (χ1) is 13.1. The first-order valence-electron chi connectivity index (χ1n) is 9.86. The molecule has 3 aromatic rings. The Morgan fingerprint density at radius 2 is 1.78 bits per heavy atom. The average molecular weight is 364 g/mol. The van der Waals surface area contributed by atoms with Gasteiger partial charge in [-0.25, -0.2) is 4.98 Å². The third-order valence-electron chi connectivity index (χ3n) is 5.06. The van der Waals surface area contributed by atoms with Gasteiger partial charge in [-0.05, 0) is 76.2 Å². The first-order valence-corrected chi connectivity index (χ1v) is 9.86. The molecule has 2 N–H and O–H groups in total. The molecule has 5 nitrogen and oxygen atoms in total. The standard InChI is InChI=1S/C22H28N4O/c1-16(2)27-19-9-6-17(7-10-19)22-20(15-25-12-4-3-5-13-25)26-14-18(23)8-11-21(26)24-22/h6-11,14,16H,3-5,12-13,15,23H2,1-2H3. The second kappa shape index (κ2) is 7.61. The fraction of sp³-hybridized carbons (Fsp3) is 0.409. The molecule has 0 radical (unpaired) electrons. The van der Waals surface area contributed by atoms with Crippen LogP contribution in [-0.4, -0.2) is 33.5 Å². The topological polar surface area (TPSA) is 55.8 Å². The van der Waals surface area contributed by atoms with E-state index in [-0.39, 0.29) is 6.10 Å². The molecular weight excluding hydrogens is 336 g/mol. The van der Waals surface area contributed by atoms with Crippen LogP contribution in [0, 0.1) is 0 Å². The van der Waals surface area contributed by atoms with Crippen molar-refractivity contribution in [3.63, 3.8) is 0 Å². The van der Waals surface area contributed by atoms with Crippen molar-refractivity contribution in [1.29, 1.82) is 0 Å². The van der Waals surface area contributed by atoms with E-state index in [0.29, 0.717) is 0 Å². The summed E-state index contributed by atoms with van der Waals surface area (Å²) in [6, 6.07) is 12.2. The number of ether oxygens (including phenoxy) is 1. The summed E-state index contributed by atoms with van der Waals surface area (Å²) in [4.78, 5) is 7.44. The highest BCUT2D eigenvalue weighted by Crippen LogP contribution is 2.29. The van der Waals surface area contributed by atoms with E-state index in [4.69, 9.17) is 15.5 Å². The summed E-state index contributed by atoms with van der Waals surface area (Å²) in [5.41, 5.74) is 11.1. The molecule has 3 heterocycles. The van der Waals surface area contributed by atoms with Gasteiger partial charge in [0.25, 0.3) is 0 Å². The molecule has 0 atom stereocenters. The van der Waals surface area contributed by atoms with E-state index in [9.17, 15) is 0 Å². The number of pyridine rings is 1. The van der Waals surface area contributed by atoms with Gasteiger partial charge in [-0.1, -0.05) is 6.42 Å². The van der Waals surface area contributed by atoms with Crippen LogP contribution in [0.15, 0.2) is 42.6 Å². The molecule has 0 aliphatic carbocycles. The van der Waals surface area contributed by atoms with Crippen LogP contribution in [-0.2, 0) is 6.54 Å². The summed E-state index contributed by atoms with van der Waals surface area (Å²) >= 11 is 0. The second-order valence-electron chi connectivity index (χ2n) is 7.63. The minimum absolute atomic E-state index is 0.170. The maximum absolute atomic E-state index is 6.06. The minimum Gasteiger partial charge on any atom is -0.491 e.